The Morgan fingerprint density at radius 3 is 0.350 bits per heavy atom. The lowest BCUT2D eigenvalue weighted by Gasteiger charge is -1.68. The summed E-state index contributed by atoms with van der Waals surface area (Å²) in [6, 6.07) is 0. The summed E-state index contributed by atoms with van der Waals surface area (Å²) in [4.78, 5) is 0. The fourth-order valence-electron chi connectivity index (χ4n) is 0. The van der Waals surface area contributed by atoms with Gasteiger partial charge in [-0.25, -0.2) is 0 Å². The summed E-state index contributed by atoms with van der Waals surface area (Å²) in [5.41, 5.74) is 0. The SMILES string of the molecule is Br.Br.Br.CCCC.CCCC.CCCC.CCCC.N. The molecule has 0 saturated carbocycles. The lowest BCUT2D eigenvalue weighted by Crippen LogP contribution is -1.47. The molecule has 3 N–H and O–H groups in total. The summed E-state index contributed by atoms with van der Waals surface area (Å²) in [7, 11) is 0. The van der Waals surface area contributed by atoms with Crippen LogP contribution in [0.25, 0.3) is 0 Å². The molecule has 136 valence electrons. The second kappa shape index (κ2) is 86.9. The van der Waals surface area contributed by atoms with Crippen molar-refractivity contribution in [1.82, 2.24) is 6.15 Å². The number of unbranched alkanes of at least 4 members (excludes halogenated alkanes) is 4. The first kappa shape index (κ1) is 49.6. The van der Waals surface area contributed by atoms with E-state index < -0.39 is 0 Å². The zero-order valence-corrected chi connectivity index (χ0v) is 20.7. The Balaban J connectivity index is -0.0000000150. The lowest BCUT2D eigenvalue weighted by molar-refractivity contribution is 0.886. The monoisotopic (exact) mass is 489 g/mol. The van der Waals surface area contributed by atoms with Crippen molar-refractivity contribution in [2.75, 3.05) is 0 Å². The molecule has 0 aromatic heterocycles. The summed E-state index contributed by atoms with van der Waals surface area (Å²) in [5.74, 6) is 0. The first-order valence-corrected chi connectivity index (χ1v) is 7.66. The van der Waals surface area contributed by atoms with Gasteiger partial charge in [0.15, 0.2) is 0 Å². The third-order valence-electron chi connectivity index (χ3n) is 2.00. The van der Waals surface area contributed by atoms with Crippen LogP contribution in [0.2, 0.25) is 0 Å². The normalized spacial score (nSPS) is 6.00. The average molecular weight is 492 g/mol. The Kier molecular flexibility index (Phi) is 215. The van der Waals surface area contributed by atoms with Crippen molar-refractivity contribution in [3.05, 3.63) is 0 Å². The van der Waals surface area contributed by atoms with E-state index in [1.54, 1.807) is 0 Å². The van der Waals surface area contributed by atoms with E-state index in [4.69, 9.17) is 0 Å². The van der Waals surface area contributed by atoms with Crippen molar-refractivity contribution in [2.45, 2.75) is 107 Å². The van der Waals surface area contributed by atoms with Crippen molar-refractivity contribution >= 4 is 50.9 Å². The fraction of sp³-hybridized carbons (Fsp3) is 1.00. The highest BCUT2D eigenvalue weighted by Crippen LogP contribution is 1.77. The van der Waals surface area contributed by atoms with E-state index in [0.29, 0.717) is 0 Å². The van der Waals surface area contributed by atoms with Gasteiger partial charge in [0.2, 0.25) is 0 Å². The van der Waals surface area contributed by atoms with Crippen LogP contribution in [0.1, 0.15) is 107 Å². The topological polar surface area (TPSA) is 35.0 Å². The number of hydrogen-bond donors (Lipinski definition) is 1. The molecule has 0 heterocycles. The van der Waals surface area contributed by atoms with Gasteiger partial charge < -0.3 is 6.15 Å². The number of halogens is 3. The minimum Gasteiger partial charge on any atom is -0.344 e. The summed E-state index contributed by atoms with van der Waals surface area (Å²) in [6.45, 7) is 17.4. The molecule has 0 fully saturated rings. The quantitative estimate of drug-likeness (QED) is 0.417. The molecular formula is C16H46Br3N. The molecule has 0 aliphatic rings. The molecule has 0 aliphatic heterocycles. The second-order valence-electron chi connectivity index (χ2n) is 4.00. The van der Waals surface area contributed by atoms with Gasteiger partial charge in [-0.3, -0.25) is 0 Å². The van der Waals surface area contributed by atoms with Gasteiger partial charge in [-0.2, -0.15) is 0 Å². The fourth-order valence-corrected chi connectivity index (χ4v) is 0. The molecule has 0 aromatic carbocycles. The van der Waals surface area contributed by atoms with Crippen LogP contribution in [0, 0.1) is 0 Å². The van der Waals surface area contributed by atoms with Crippen LogP contribution >= 0.6 is 50.9 Å². The highest BCUT2D eigenvalue weighted by molar-refractivity contribution is 8.93. The van der Waals surface area contributed by atoms with E-state index >= 15 is 0 Å². The Morgan fingerprint density at radius 2 is 0.350 bits per heavy atom. The maximum atomic E-state index is 2.18. The van der Waals surface area contributed by atoms with Gasteiger partial charge in [0.05, 0.1) is 0 Å². The van der Waals surface area contributed by atoms with E-state index in [1.165, 1.54) is 51.4 Å². The standard InChI is InChI=1S/4C4H10.3BrH.H3N/c4*1-3-4-2;;;;/h4*3-4H2,1-2H3;3*1H;1H3. The molecule has 0 aliphatic carbocycles. The van der Waals surface area contributed by atoms with Gasteiger partial charge in [-0.05, 0) is 0 Å². The molecule has 0 aromatic rings. The Morgan fingerprint density at radius 1 is 0.300 bits per heavy atom. The van der Waals surface area contributed by atoms with E-state index in [2.05, 4.69) is 55.4 Å². The first-order valence-electron chi connectivity index (χ1n) is 7.66. The van der Waals surface area contributed by atoms with Gasteiger partial charge in [0, 0.05) is 0 Å². The van der Waals surface area contributed by atoms with E-state index in [1.807, 2.05) is 0 Å². The van der Waals surface area contributed by atoms with Crippen molar-refractivity contribution in [1.29, 1.82) is 0 Å². The molecule has 0 amide bonds. The minimum atomic E-state index is 0. The molecule has 0 spiro atoms. The number of hydrogen-bond acceptors (Lipinski definition) is 1. The third kappa shape index (κ3) is 225. The van der Waals surface area contributed by atoms with Crippen LogP contribution in [0.5, 0.6) is 0 Å². The number of rotatable bonds is 4. The predicted molar refractivity (Wildman–Crippen MR) is 118 cm³/mol. The van der Waals surface area contributed by atoms with Crippen molar-refractivity contribution in [3.8, 4) is 0 Å². The smallest absolute Gasteiger partial charge is 0.0564 e. The molecule has 0 bridgehead atoms. The van der Waals surface area contributed by atoms with E-state index in [-0.39, 0.29) is 57.1 Å². The van der Waals surface area contributed by atoms with Gasteiger partial charge in [-0.1, -0.05) is 107 Å². The summed E-state index contributed by atoms with van der Waals surface area (Å²) < 4.78 is 0. The van der Waals surface area contributed by atoms with Crippen molar-refractivity contribution < 1.29 is 0 Å². The molecule has 0 radical (unpaired) electrons. The molecule has 20 heavy (non-hydrogen) atoms. The maximum absolute atomic E-state index is 2.18. The van der Waals surface area contributed by atoms with Crippen molar-refractivity contribution in [2.24, 2.45) is 0 Å². The Labute approximate surface area is 163 Å². The van der Waals surface area contributed by atoms with Crippen LogP contribution < -0.4 is 6.15 Å². The molecule has 0 atom stereocenters. The van der Waals surface area contributed by atoms with Crippen LogP contribution in [-0.4, -0.2) is 0 Å². The van der Waals surface area contributed by atoms with E-state index in [0.717, 1.165) is 0 Å². The molecule has 0 unspecified atom stereocenters. The van der Waals surface area contributed by atoms with Crippen LogP contribution in [-0.2, 0) is 0 Å². The Bertz CT molecular complexity index is 41.7. The summed E-state index contributed by atoms with van der Waals surface area (Å²) in [5, 5.41) is 0. The zero-order chi connectivity index (χ0) is 13.7. The third-order valence-corrected chi connectivity index (χ3v) is 2.00. The lowest BCUT2D eigenvalue weighted by atomic mass is 10.4. The predicted octanol–water partition coefficient (Wildman–Crippen LogP) is 9.12. The molecular weight excluding hydrogens is 446 g/mol. The average Bonchev–Trinajstić information content (AvgIpc) is 2.39. The summed E-state index contributed by atoms with van der Waals surface area (Å²) in [6.07, 6.45) is 10.6. The van der Waals surface area contributed by atoms with Crippen LogP contribution in [0.15, 0.2) is 0 Å². The van der Waals surface area contributed by atoms with Crippen LogP contribution in [0.3, 0.4) is 0 Å². The first-order chi connectivity index (χ1) is 7.66. The van der Waals surface area contributed by atoms with E-state index in [9.17, 15) is 0 Å². The molecule has 0 saturated heterocycles. The minimum absolute atomic E-state index is 0. The van der Waals surface area contributed by atoms with Gasteiger partial charge in [0.1, 0.15) is 0 Å². The van der Waals surface area contributed by atoms with Gasteiger partial charge in [0.25, 0.3) is 0 Å². The highest BCUT2D eigenvalue weighted by atomic mass is 79.9. The highest BCUT2D eigenvalue weighted by Gasteiger charge is 1.57. The van der Waals surface area contributed by atoms with Gasteiger partial charge >= 0.3 is 0 Å². The zero-order valence-electron chi connectivity index (χ0n) is 15.6. The molecule has 4 heteroatoms. The van der Waals surface area contributed by atoms with Gasteiger partial charge in [-0.15, -0.1) is 50.9 Å². The van der Waals surface area contributed by atoms with Crippen LogP contribution in [0.4, 0.5) is 0 Å². The maximum Gasteiger partial charge on any atom is -0.0564 e. The van der Waals surface area contributed by atoms with Crippen molar-refractivity contribution in [3.63, 3.8) is 0 Å². The largest absolute Gasteiger partial charge is 0.344 e. The summed E-state index contributed by atoms with van der Waals surface area (Å²) >= 11 is 0. The second-order valence-corrected chi connectivity index (χ2v) is 4.00. The molecule has 0 rings (SSSR count). The molecule has 1 nitrogen and oxygen atoms in total. The Hall–Kier alpha value is 1.40.